The fraction of sp³-hybridized carbons (Fsp3) is 0.0588. The van der Waals surface area contributed by atoms with E-state index in [-0.39, 0.29) is 0 Å². The first-order valence-corrected chi connectivity index (χ1v) is 7.00. The van der Waals surface area contributed by atoms with Gasteiger partial charge in [0.1, 0.15) is 0 Å². The highest BCUT2D eigenvalue weighted by Crippen LogP contribution is 2.24. The Morgan fingerprint density at radius 3 is 2.90 bits per heavy atom. The van der Waals surface area contributed by atoms with Crippen LogP contribution in [-0.4, -0.2) is 11.2 Å². The van der Waals surface area contributed by atoms with Crippen LogP contribution in [0.3, 0.4) is 0 Å². The van der Waals surface area contributed by atoms with Gasteiger partial charge in [0.25, 0.3) is 0 Å². The quantitative estimate of drug-likeness (QED) is 0.564. The number of hydrazone groups is 1. The van der Waals surface area contributed by atoms with E-state index in [0.29, 0.717) is 5.02 Å². The van der Waals surface area contributed by atoms with Gasteiger partial charge in [0, 0.05) is 16.6 Å². The summed E-state index contributed by atoms with van der Waals surface area (Å²) in [7, 11) is 0. The van der Waals surface area contributed by atoms with Gasteiger partial charge in [-0.1, -0.05) is 41.4 Å². The van der Waals surface area contributed by atoms with E-state index in [9.17, 15) is 0 Å². The molecule has 0 radical (unpaired) electrons. The van der Waals surface area contributed by atoms with E-state index in [1.54, 1.807) is 12.4 Å². The summed E-state index contributed by atoms with van der Waals surface area (Å²) >= 11 is 5.98. The molecule has 0 atom stereocenters. The molecular formula is C17H14ClN3. The van der Waals surface area contributed by atoms with E-state index in [4.69, 9.17) is 11.6 Å². The third kappa shape index (κ3) is 3.20. The molecule has 104 valence electrons. The van der Waals surface area contributed by atoms with E-state index < -0.39 is 0 Å². The number of benzene rings is 2. The number of hydrogen-bond acceptors (Lipinski definition) is 3. The van der Waals surface area contributed by atoms with Crippen molar-refractivity contribution in [1.82, 2.24) is 4.98 Å². The van der Waals surface area contributed by atoms with Crippen LogP contribution in [0.1, 0.15) is 11.1 Å². The fourth-order valence-corrected chi connectivity index (χ4v) is 2.31. The highest BCUT2D eigenvalue weighted by molar-refractivity contribution is 6.31. The Labute approximate surface area is 128 Å². The van der Waals surface area contributed by atoms with Crippen molar-refractivity contribution in [3.05, 3.63) is 70.9 Å². The number of pyridine rings is 1. The molecule has 4 heteroatoms. The highest BCUT2D eigenvalue weighted by atomic mass is 35.5. The van der Waals surface area contributed by atoms with Gasteiger partial charge < -0.3 is 0 Å². The van der Waals surface area contributed by atoms with Crippen LogP contribution in [0.5, 0.6) is 0 Å². The van der Waals surface area contributed by atoms with Gasteiger partial charge in [0.05, 0.1) is 17.4 Å². The monoisotopic (exact) mass is 295 g/mol. The average Bonchev–Trinajstić information content (AvgIpc) is 2.47. The summed E-state index contributed by atoms with van der Waals surface area (Å²) in [6.45, 7) is 2.06. The molecule has 2 aromatic carbocycles. The maximum atomic E-state index is 5.98. The van der Waals surface area contributed by atoms with Gasteiger partial charge >= 0.3 is 0 Å². The molecule has 0 aliphatic heterocycles. The molecular weight excluding hydrogens is 282 g/mol. The average molecular weight is 296 g/mol. The molecule has 1 N–H and O–H groups in total. The van der Waals surface area contributed by atoms with E-state index in [1.165, 1.54) is 5.56 Å². The van der Waals surface area contributed by atoms with Crippen molar-refractivity contribution < 1.29 is 0 Å². The van der Waals surface area contributed by atoms with Crippen molar-refractivity contribution in [3.8, 4) is 0 Å². The maximum absolute atomic E-state index is 5.98. The largest absolute Gasteiger partial charge is 0.278 e. The number of halogens is 1. The Balaban J connectivity index is 1.85. The standard InChI is InChI=1S/C17H14ClN3/c1-12-3-2-4-13(9-12)11-20-21-16-7-8-19-17-10-14(18)5-6-15(16)17/h2-11H,1H3,(H,19,21)/b20-11-. The number of fused-ring (bicyclic) bond motifs is 1. The lowest BCUT2D eigenvalue weighted by Crippen LogP contribution is -1.93. The normalized spacial score (nSPS) is 11.1. The van der Waals surface area contributed by atoms with Crippen molar-refractivity contribution in [1.29, 1.82) is 0 Å². The molecule has 3 nitrogen and oxygen atoms in total. The third-order valence-electron chi connectivity index (χ3n) is 3.15. The molecule has 21 heavy (non-hydrogen) atoms. The number of anilines is 1. The van der Waals surface area contributed by atoms with Crippen LogP contribution < -0.4 is 5.43 Å². The number of rotatable bonds is 3. The lowest BCUT2D eigenvalue weighted by molar-refractivity contribution is 1.33. The molecule has 0 amide bonds. The van der Waals surface area contributed by atoms with Gasteiger partial charge in [-0.25, -0.2) is 0 Å². The minimum Gasteiger partial charge on any atom is -0.278 e. The summed E-state index contributed by atoms with van der Waals surface area (Å²) in [6.07, 6.45) is 3.54. The smallest absolute Gasteiger partial charge is 0.0738 e. The minimum absolute atomic E-state index is 0.676. The molecule has 0 saturated heterocycles. The first-order valence-electron chi connectivity index (χ1n) is 6.62. The molecule has 1 heterocycles. The number of aryl methyl sites for hydroxylation is 1. The van der Waals surface area contributed by atoms with Crippen molar-refractivity contribution in [3.63, 3.8) is 0 Å². The van der Waals surface area contributed by atoms with Crippen LogP contribution in [0.4, 0.5) is 5.69 Å². The van der Waals surface area contributed by atoms with E-state index >= 15 is 0 Å². The molecule has 0 spiro atoms. The van der Waals surface area contributed by atoms with Crippen molar-refractivity contribution in [2.24, 2.45) is 5.10 Å². The van der Waals surface area contributed by atoms with Crippen LogP contribution in [0.2, 0.25) is 5.02 Å². The molecule has 0 saturated carbocycles. The lowest BCUT2D eigenvalue weighted by Gasteiger charge is -2.05. The van der Waals surface area contributed by atoms with Crippen LogP contribution in [0, 0.1) is 6.92 Å². The van der Waals surface area contributed by atoms with Gasteiger partial charge in [-0.2, -0.15) is 5.10 Å². The van der Waals surface area contributed by atoms with E-state index in [2.05, 4.69) is 34.6 Å². The number of hydrogen-bond donors (Lipinski definition) is 1. The summed E-state index contributed by atoms with van der Waals surface area (Å²) in [5.74, 6) is 0. The molecule has 0 aliphatic carbocycles. The Kier molecular flexibility index (Phi) is 3.84. The zero-order valence-corrected chi connectivity index (χ0v) is 12.3. The molecule has 1 aromatic heterocycles. The lowest BCUT2D eigenvalue weighted by atomic mass is 10.2. The Morgan fingerprint density at radius 1 is 1.14 bits per heavy atom. The first kappa shape index (κ1) is 13.6. The summed E-state index contributed by atoms with van der Waals surface area (Å²) in [4.78, 5) is 4.30. The van der Waals surface area contributed by atoms with Crippen LogP contribution >= 0.6 is 11.6 Å². The van der Waals surface area contributed by atoms with Gasteiger partial charge in [-0.15, -0.1) is 0 Å². The fourth-order valence-electron chi connectivity index (χ4n) is 2.15. The van der Waals surface area contributed by atoms with Crippen molar-refractivity contribution >= 4 is 34.4 Å². The molecule has 0 aliphatic rings. The predicted octanol–water partition coefficient (Wildman–Crippen LogP) is 4.64. The van der Waals surface area contributed by atoms with Crippen molar-refractivity contribution in [2.75, 3.05) is 5.43 Å². The second kappa shape index (κ2) is 5.94. The SMILES string of the molecule is Cc1cccc(/C=N\Nc2ccnc3cc(Cl)ccc23)c1. The highest BCUT2D eigenvalue weighted by Gasteiger charge is 2.01. The topological polar surface area (TPSA) is 37.3 Å². The first-order chi connectivity index (χ1) is 10.2. The summed E-state index contributed by atoms with van der Waals surface area (Å²) < 4.78 is 0. The second-order valence-corrected chi connectivity index (χ2v) is 5.24. The second-order valence-electron chi connectivity index (χ2n) is 4.80. The molecule has 3 aromatic rings. The van der Waals surface area contributed by atoms with Crippen molar-refractivity contribution in [2.45, 2.75) is 6.92 Å². The minimum atomic E-state index is 0.676. The Bertz CT molecular complexity index is 812. The number of aromatic nitrogens is 1. The number of nitrogens with one attached hydrogen (secondary N) is 1. The number of nitrogens with zero attached hydrogens (tertiary/aromatic N) is 2. The molecule has 0 fully saturated rings. The van der Waals surface area contributed by atoms with Gasteiger partial charge in [-0.3, -0.25) is 10.4 Å². The molecule has 0 bridgehead atoms. The van der Waals surface area contributed by atoms with Gasteiger partial charge in [0.15, 0.2) is 0 Å². The van der Waals surface area contributed by atoms with Crippen LogP contribution in [-0.2, 0) is 0 Å². The summed E-state index contributed by atoms with van der Waals surface area (Å²) in [5.41, 5.74) is 7.08. The van der Waals surface area contributed by atoms with E-state index in [0.717, 1.165) is 22.2 Å². The third-order valence-corrected chi connectivity index (χ3v) is 3.38. The Hall–Kier alpha value is -2.39. The zero-order valence-electron chi connectivity index (χ0n) is 11.5. The van der Waals surface area contributed by atoms with Crippen LogP contribution in [0.15, 0.2) is 59.8 Å². The predicted molar refractivity (Wildman–Crippen MR) is 89.1 cm³/mol. The maximum Gasteiger partial charge on any atom is 0.0738 e. The van der Waals surface area contributed by atoms with Gasteiger partial charge in [-0.05, 0) is 36.8 Å². The van der Waals surface area contributed by atoms with Gasteiger partial charge in [0.2, 0.25) is 0 Å². The van der Waals surface area contributed by atoms with E-state index in [1.807, 2.05) is 36.4 Å². The summed E-state index contributed by atoms with van der Waals surface area (Å²) in [6, 6.07) is 15.7. The molecule has 3 rings (SSSR count). The summed E-state index contributed by atoms with van der Waals surface area (Å²) in [5, 5.41) is 5.96. The Morgan fingerprint density at radius 2 is 2.05 bits per heavy atom. The van der Waals surface area contributed by atoms with Crippen LogP contribution in [0.25, 0.3) is 10.9 Å². The molecule has 0 unspecified atom stereocenters. The zero-order chi connectivity index (χ0) is 14.7.